The standard InChI is InChI=1S/C6H14O2.6H2O/c1-5(2,7)6(3,4)8;;;;;;/h7-8H,1-4H3;6*1H2. The van der Waals surface area contributed by atoms with Crippen LogP contribution in [-0.4, -0.2) is 54.3 Å². The Morgan fingerprint density at radius 3 is 0.571 bits per heavy atom. The minimum atomic E-state index is -1.01. The highest BCUT2D eigenvalue weighted by atomic mass is 16.3. The fourth-order valence-corrected chi connectivity index (χ4v) is 0. The Balaban J connectivity index is -0.0000000163. The molecule has 0 aliphatic carbocycles. The quantitative estimate of drug-likeness (QED) is 0.450. The van der Waals surface area contributed by atoms with Gasteiger partial charge in [0.2, 0.25) is 0 Å². The summed E-state index contributed by atoms with van der Waals surface area (Å²) in [5, 5.41) is 18.2. The van der Waals surface area contributed by atoms with E-state index < -0.39 is 11.2 Å². The zero-order valence-electron chi connectivity index (χ0n) is 8.89. The Morgan fingerprint density at radius 2 is 0.571 bits per heavy atom. The number of hydrogen-bond donors (Lipinski definition) is 2. The fraction of sp³-hybridized carbons (Fsp3) is 1.00. The summed E-state index contributed by atoms with van der Waals surface area (Å²) >= 11 is 0. The van der Waals surface area contributed by atoms with Crippen LogP contribution in [0.15, 0.2) is 0 Å². The van der Waals surface area contributed by atoms with E-state index in [9.17, 15) is 0 Å². The van der Waals surface area contributed by atoms with Crippen molar-refractivity contribution in [3.8, 4) is 0 Å². The van der Waals surface area contributed by atoms with Crippen LogP contribution in [0.25, 0.3) is 0 Å². The molecular formula is C6H26O8. The van der Waals surface area contributed by atoms with E-state index in [1.54, 1.807) is 27.7 Å². The summed E-state index contributed by atoms with van der Waals surface area (Å²) in [6, 6.07) is 0. The molecule has 0 aromatic carbocycles. The van der Waals surface area contributed by atoms with Gasteiger partial charge in [0, 0.05) is 0 Å². The zero-order chi connectivity index (χ0) is 7.00. The average Bonchev–Trinajstić information content (AvgIpc) is 1.25. The third-order valence-corrected chi connectivity index (χ3v) is 1.50. The zero-order valence-corrected chi connectivity index (χ0v) is 8.89. The van der Waals surface area contributed by atoms with Crippen molar-refractivity contribution in [3.63, 3.8) is 0 Å². The van der Waals surface area contributed by atoms with Crippen LogP contribution in [0.5, 0.6) is 0 Å². The molecule has 0 atom stereocenters. The topological polar surface area (TPSA) is 229 Å². The summed E-state index contributed by atoms with van der Waals surface area (Å²) in [6.07, 6.45) is 0. The number of aliphatic hydroxyl groups is 2. The Bertz CT molecular complexity index is 68.8. The normalized spacial score (nSPS) is 8.14. The molecule has 0 saturated heterocycles. The lowest BCUT2D eigenvalue weighted by atomic mass is 9.90. The third-order valence-electron chi connectivity index (χ3n) is 1.50. The molecule has 0 aliphatic heterocycles. The van der Waals surface area contributed by atoms with Crippen LogP contribution in [0.3, 0.4) is 0 Å². The van der Waals surface area contributed by atoms with Gasteiger partial charge in [-0.15, -0.1) is 0 Å². The molecule has 0 aromatic heterocycles. The van der Waals surface area contributed by atoms with Crippen molar-refractivity contribution in [2.45, 2.75) is 38.9 Å². The summed E-state index contributed by atoms with van der Waals surface area (Å²) < 4.78 is 0. The Kier molecular flexibility index (Phi) is 44.6. The molecule has 0 rings (SSSR count). The second-order valence-electron chi connectivity index (χ2n) is 3.12. The molecule has 14 heavy (non-hydrogen) atoms. The first-order chi connectivity index (χ1) is 3.25. The van der Waals surface area contributed by atoms with E-state index in [1.165, 1.54) is 0 Å². The SMILES string of the molecule is CC(C)(O)C(C)(C)O.O.O.O.O.O.O. The van der Waals surface area contributed by atoms with Crippen molar-refractivity contribution >= 4 is 0 Å². The third kappa shape index (κ3) is 17.7. The van der Waals surface area contributed by atoms with Crippen molar-refractivity contribution in [2.24, 2.45) is 0 Å². The maximum atomic E-state index is 9.10. The van der Waals surface area contributed by atoms with E-state index in [4.69, 9.17) is 10.2 Å². The minimum Gasteiger partial charge on any atom is -0.412 e. The smallest absolute Gasteiger partial charge is 0.0872 e. The van der Waals surface area contributed by atoms with Gasteiger partial charge in [-0.25, -0.2) is 0 Å². The van der Waals surface area contributed by atoms with Gasteiger partial charge in [-0.1, -0.05) is 0 Å². The van der Waals surface area contributed by atoms with Crippen LogP contribution in [0.2, 0.25) is 0 Å². The average molecular weight is 226 g/mol. The van der Waals surface area contributed by atoms with Crippen LogP contribution in [0.1, 0.15) is 27.7 Å². The lowest BCUT2D eigenvalue weighted by Gasteiger charge is -2.31. The number of rotatable bonds is 1. The van der Waals surface area contributed by atoms with E-state index in [-0.39, 0.29) is 32.9 Å². The van der Waals surface area contributed by atoms with Crippen molar-refractivity contribution < 1.29 is 43.1 Å². The maximum Gasteiger partial charge on any atom is 0.0872 e. The van der Waals surface area contributed by atoms with Crippen molar-refractivity contribution in [2.75, 3.05) is 0 Å². The van der Waals surface area contributed by atoms with Gasteiger partial charge in [0.1, 0.15) is 0 Å². The molecule has 0 radical (unpaired) electrons. The van der Waals surface area contributed by atoms with Gasteiger partial charge in [0.25, 0.3) is 0 Å². The highest BCUT2D eigenvalue weighted by Gasteiger charge is 2.31. The predicted octanol–water partition coefficient (Wildman–Crippen LogP) is -4.42. The van der Waals surface area contributed by atoms with E-state index in [0.29, 0.717) is 0 Å². The Hall–Kier alpha value is -0.320. The second kappa shape index (κ2) is 12.7. The molecule has 14 N–H and O–H groups in total. The molecule has 8 heteroatoms. The van der Waals surface area contributed by atoms with E-state index in [1.807, 2.05) is 0 Å². The van der Waals surface area contributed by atoms with Crippen LogP contribution < -0.4 is 0 Å². The first kappa shape index (κ1) is 49.3. The van der Waals surface area contributed by atoms with Gasteiger partial charge in [0.15, 0.2) is 0 Å². The van der Waals surface area contributed by atoms with Gasteiger partial charge in [-0.3, -0.25) is 0 Å². The first-order valence-electron chi connectivity index (χ1n) is 2.70. The molecule has 0 spiro atoms. The Morgan fingerprint density at radius 1 is 0.500 bits per heavy atom. The number of hydrogen-bond acceptors (Lipinski definition) is 2. The minimum absolute atomic E-state index is 0. The van der Waals surface area contributed by atoms with Crippen LogP contribution in [0.4, 0.5) is 0 Å². The molecule has 0 saturated carbocycles. The van der Waals surface area contributed by atoms with Gasteiger partial charge in [-0.05, 0) is 27.7 Å². The van der Waals surface area contributed by atoms with Crippen LogP contribution in [-0.2, 0) is 0 Å². The predicted molar refractivity (Wildman–Crippen MR) is 54.3 cm³/mol. The second-order valence-corrected chi connectivity index (χ2v) is 3.12. The summed E-state index contributed by atoms with van der Waals surface area (Å²) in [5.41, 5.74) is -2.01. The molecule has 0 unspecified atom stereocenters. The maximum absolute atomic E-state index is 9.10. The molecule has 98 valence electrons. The van der Waals surface area contributed by atoms with E-state index in [0.717, 1.165) is 0 Å². The monoisotopic (exact) mass is 226 g/mol. The lowest BCUT2D eigenvalue weighted by Crippen LogP contribution is -2.44. The highest BCUT2D eigenvalue weighted by molar-refractivity contribution is 4.84. The molecule has 0 fully saturated rings. The van der Waals surface area contributed by atoms with E-state index >= 15 is 0 Å². The van der Waals surface area contributed by atoms with Crippen molar-refractivity contribution in [1.29, 1.82) is 0 Å². The lowest BCUT2D eigenvalue weighted by molar-refractivity contribution is -0.107. The largest absolute Gasteiger partial charge is 0.412 e. The fourth-order valence-electron chi connectivity index (χ4n) is 0. The molecule has 0 bridgehead atoms. The van der Waals surface area contributed by atoms with E-state index in [2.05, 4.69) is 0 Å². The summed E-state index contributed by atoms with van der Waals surface area (Å²) in [7, 11) is 0. The van der Waals surface area contributed by atoms with Crippen molar-refractivity contribution in [3.05, 3.63) is 0 Å². The van der Waals surface area contributed by atoms with Crippen LogP contribution in [0, 0.1) is 0 Å². The molecule has 0 amide bonds. The summed E-state index contributed by atoms with van der Waals surface area (Å²) in [4.78, 5) is 0. The first-order valence-corrected chi connectivity index (χ1v) is 2.70. The molecular weight excluding hydrogens is 200 g/mol. The van der Waals surface area contributed by atoms with Crippen LogP contribution >= 0.6 is 0 Å². The Labute approximate surface area is 83.0 Å². The van der Waals surface area contributed by atoms with Gasteiger partial charge in [0.05, 0.1) is 11.2 Å². The molecule has 0 aromatic rings. The van der Waals surface area contributed by atoms with Crippen molar-refractivity contribution in [1.82, 2.24) is 0 Å². The molecule has 0 aliphatic rings. The molecule has 8 nitrogen and oxygen atoms in total. The van der Waals surface area contributed by atoms with Gasteiger partial charge < -0.3 is 43.1 Å². The highest BCUT2D eigenvalue weighted by Crippen LogP contribution is 2.19. The van der Waals surface area contributed by atoms with Gasteiger partial charge in [-0.2, -0.15) is 0 Å². The summed E-state index contributed by atoms with van der Waals surface area (Å²) in [5.74, 6) is 0. The van der Waals surface area contributed by atoms with Gasteiger partial charge >= 0.3 is 0 Å². The summed E-state index contributed by atoms with van der Waals surface area (Å²) in [6.45, 7) is 6.31. The molecule has 0 heterocycles.